The molecule has 2 rings (SSSR count). The highest BCUT2D eigenvalue weighted by Crippen LogP contribution is 2.26. The average Bonchev–Trinajstić information content (AvgIpc) is 2.34. The molecule has 0 atom stereocenters. The van der Waals surface area contributed by atoms with Crippen LogP contribution in [0, 0.1) is 6.92 Å². The van der Waals surface area contributed by atoms with Crippen molar-refractivity contribution in [3.05, 3.63) is 57.0 Å². The van der Waals surface area contributed by atoms with E-state index in [2.05, 4.69) is 21.2 Å². The second kappa shape index (κ2) is 5.55. The Morgan fingerprint density at radius 2 is 1.89 bits per heavy atom. The van der Waals surface area contributed by atoms with Crippen molar-refractivity contribution in [3.63, 3.8) is 0 Å². The summed E-state index contributed by atoms with van der Waals surface area (Å²) in [6, 6.07) is 11.1. The van der Waals surface area contributed by atoms with Gasteiger partial charge in [0.1, 0.15) is 0 Å². The van der Waals surface area contributed by atoms with Crippen LogP contribution in [-0.4, -0.2) is 6.29 Å². The van der Waals surface area contributed by atoms with Crippen molar-refractivity contribution in [2.45, 2.75) is 6.92 Å². The van der Waals surface area contributed by atoms with Gasteiger partial charge in [0.15, 0.2) is 6.29 Å². The standard InChI is InChI=1S/C14H11BrClNO/c1-9-6-11(15)2-4-13(9)17-14-5-3-12(16)7-10(14)8-18/h2-8,17H,1H3. The molecule has 0 aromatic heterocycles. The number of carbonyl (C=O) groups is 1. The molecule has 2 nitrogen and oxygen atoms in total. The van der Waals surface area contributed by atoms with E-state index in [0.717, 1.165) is 27.7 Å². The molecule has 0 aliphatic rings. The summed E-state index contributed by atoms with van der Waals surface area (Å²) < 4.78 is 1.03. The van der Waals surface area contributed by atoms with Crippen molar-refractivity contribution in [2.24, 2.45) is 0 Å². The minimum atomic E-state index is 0.546. The van der Waals surface area contributed by atoms with E-state index in [1.807, 2.05) is 25.1 Å². The van der Waals surface area contributed by atoms with Crippen molar-refractivity contribution < 1.29 is 4.79 Å². The Balaban J connectivity index is 2.36. The number of aldehydes is 1. The third kappa shape index (κ3) is 2.92. The van der Waals surface area contributed by atoms with Gasteiger partial charge in [-0.3, -0.25) is 4.79 Å². The van der Waals surface area contributed by atoms with Gasteiger partial charge in [-0.2, -0.15) is 0 Å². The molecule has 0 aliphatic heterocycles. The fraction of sp³-hybridized carbons (Fsp3) is 0.0714. The molecule has 0 aliphatic carbocycles. The first-order valence-electron chi connectivity index (χ1n) is 5.38. The minimum Gasteiger partial charge on any atom is -0.355 e. The maximum atomic E-state index is 11.0. The van der Waals surface area contributed by atoms with Crippen LogP contribution >= 0.6 is 27.5 Å². The van der Waals surface area contributed by atoms with E-state index >= 15 is 0 Å². The zero-order valence-electron chi connectivity index (χ0n) is 9.71. The van der Waals surface area contributed by atoms with Gasteiger partial charge in [0.25, 0.3) is 0 Å². The predicted molar refractivity (Wildman–Crippen MR) is 79.0 cm³/mol. The van der Waals surface area contributed by atoms with Gasteiger partial charge in [-0.15, -0.1) is 0 Å². The Morgan fingerprint density at radius 1 is 1.17 bits per heavy atom. The lowest BCUT2D eigenvalue weighted by Crippen LogP contribution is -1.97. The first-order valence-corrected chi connectivity index (χ1v) is 6.55. The molecule has 0 amide bonds. The van der Waals surface area contributed by atoms with Crippen molar-refractivity contribution in [2.75, 3.05) is 5.32 Å². The Morgan fingerprint density at radius 3 is 2.56 bits per heavy atom. The Kier molecular flexibility index (Phi) is 4.04. The Bertz CT molecular complexity index is 598. The van der Waals surface area contributed by atoms with Crippen LogP contribution in [0.3, 0.4) is 0 Å². The molecule has 18 heavy (non-hydrogen) atoms. The largest absolute Gasteiger partial charge is 0.355 e. The van der Waals surface area contributed by atoms with Gasteiger partial charge in [0.05, 0.1) is 0 Å². The molecule has 4 heteroatoms. The highest BCUT2D eigenvalue weighted by atomic mass is 79.9. The molecule has 0 saturated heterocycles. The molecule has 2 aromatic rings. The Hall–Kier alpha value is -1.32. The molecule has 0 heterocycles. The summed E-state index contributed by atoms with van der Waals surface area (Å²) in [5, 5.41) is 3.79. The van der Waals surface area contributed by atoms with Gasteiger partial charge in [0, 0.05) is 26.4 Å². The van der Waals surface area contributed by atoms with E-state index in [-0.39, 0.29) is 0 Å². The first-order chi connectivity index (χ1) is 8.60. The molecule has 0 spiro atoms. The van der Waals surface area contributed by atoms with E-state index in [1.165, 1.54) is 0 Å². The molecule has 92 valence electrons. The molecule has 0 saturated carbocycles. The van der Waals surface area contributed by atoms with E-state index in [0.29, 0.717) is 10.6 Å². The number of hydrogen-bond donors (Lipinski definition) is 1. The van der Waals surface area contributed by atoms with Gasteiger partial charge >= 0.3 is 0 Å². The van der Waals surface area contributed by atoms with E-state index < -0.39 is 0 Å². The fourth-order valence-corrected chi connectivity index (χ4v) is 2.31. The molecular weight excluding hydrogens is 314 g/mol. The number of nitrogens with one attached hydrogen (secondary N) is 1. The van der Waals surface area contributed by atoms with Crippen molar-refractivity contribution in [3.8, 4) is 0 Å². The number of halogens is 2. The SMILES string of the molecule is Cc1cc(Br)ccc1Nc1ccc(Cl)cc1C=O. The number of benzene rings is 2. The summed E-state index contributed by atoms with van der Waals surface area (Å²) in [6.45, 7) is 2.00. The van der Waals surface area contributed by atoms with Gasteiger partial charge in [-0.25, -0.2) is 0 Å². The van der Waals surface area contributed by atoms with Crippen LogP contribution in [0.25, 0.3) is 0 Å². The second-order valence-corrected chi connectivity index (χ2v) is 5.29. The van der Waals surface area contributed by atoms with Crippen LogP contribution in [0.4, 0.5) is 11.4 Å². The maximum absolute atomic E-state index is 11.0. The van der Waals surface area contributed by atoms with Crippen LogP contribution in [0.1, 0.15) is 15.9 Å². The first kappa shape index (κ1) is 13.1. The molecule has 1 N–H and O–H groups in total. The topological polar surface area (TPSA) is 29.1 Å². The lowest BCUT2D eigenvalue weighted by molar-refractivity contribution is 0.112. The summed E-state index contributed by atoms with van der Waals surface area (Å²) >= 11 is 9.28. The normalized spacial score (nSPS) is 10.2. The summed E-state index contributed by atoms with van der Waals surface area (Å²) in [4.78, 5) is 11.0. The monoisotopic (exact) mass is 323 g/mol. The van der Waals surface area contributed by atoms with Gasteiger partial charge in [0.2, 0.25) is 0 Å². The van der Waals surface area contributed by atoms with E-state index in [4.69, 9.17) is 11.6 Å². The van der Waals surface area contributed by atoms with E-state index in [9.17, 15) is 4.79 Å². The summed E-state index contributed by atoms with van der Waals surface area (Å²) in [5.74, 6) is 0. The fourth-order valence-electron chi connectivity index (χ4n) is 1.66. The summed E-state index contributed by atoms with van der Waals surface area (Å²) in [7, 11) is 0. The number of carbonyl (C=O) groups excluding carboxylic acids is 1. The molecule has 0 radical (unpaired) electrons. The van der Waals surface area contributed by atoms with Crippen LogP contribution in [-0.2, 0) is 0 Å². The smallest absolute Gasteiger partial charge is 0.152 e. The van der Waals surface area contributed by atoms with Crippen molar-refractivity contribution >= 4 is 45.2 Å². The third-order valence-electron chi connectivity index (χ3n) is 2.60. The molecule has 0 unspecified atom stereocenters. The summed E-state index contributed by atoms with van der Waals surface area (Å²) in [6.07, 6.45) is 0.794. The lowest BCUT2D eigenvalue weighted by atomic mass is 10.1. The molecule has 0 bridgehead atoms. The summed E-state index contributed by atoms with van der Waals surface area (Å²) in [5.41, 5.74) is 3.35. The quantitative estimate of drug-likeness (QED) is 0.808. The van der Waals surface area contributed by atoms with Crippen LogP contribution in [0.2, 0.25) is 5.02 Å². The van der Waals surface area contributed by atoms with E-state index in [1.54, 1.807) is 18.2 Å². The number of aryl methyl sites for hydroxylation is 1. The van der Waals surface area contributed by atoms with Crippen LogP contribution in [0.5, 0.6) is 0 Å². The average molecular weight is 325 g/mol. The van der Waals surface area contributed by atoms with Crippen LogP contribution in [0.15, 0.2) is 40.9 Å². The van der Waals surface area contributed by atoms with Crippen molar-refractivity contribution in [1.82, 2.24) is 0 Å². The lowest BCUT2D eigenvalue weighted by Gasteiger charge is -2.12. The number of anilines is 2. The number of hydrogen-bond acceptors (Lipinski definition) is 2. The van der Waals surface area contributed by atoms with Crippen LogP contribution < -0.4 is 5.32 Å². The Labute approximate surface area is 119 Å². The predicted octanol–water partition coefficient (Wildman–Crippen LogP) is 4.97. The zero-order chi connectivity index (χ0) is 13.1. The van der Waals surface area contributed by atoms with Gasteiger partial charge in [-0.1, -0.05) is 27.5 Å². The second-order valence-electron chi connectivity index (χ2n) is 3.93. The molecular formula is C14H11BrClNO. The van der Waals surface area contributed by atoms with Gasteiger partial charge < -0.3 is 5.32 Å². The van der Waals surface area contributed by atoms with Gasteiger partial charge in [-0.05, 0) is 48.9 Å². The highest BCUT2D eigenvalue weighted by molar-refractivity contribution is 9.10. The highest BCUT2D eigenvalue weighted by Gasteiger charge is 2.05. The minimum absolute atomic E-state index is 0.546. The molecule has 2 aromatic carbocycles. The maximum Gasteiger partial charge on any atom is 0.152 e. The zero-order valence-corrected chi connectivity index (χ0v) is 12.0. The third-order valence-corrected chi connectivity index (χ3v) is 3.33. The molecule has 0 fully saturated rings. The number of rotatable bonds is 3. The van der Waals surface area contributed by atoms with Crippen molar-refractivity contribution in [1.29, 1.82) is 0 Å².